The minimum absolute atomic E-state index is 0.318. The van der Waals surface area contributed by atoms with Crippen LogP contribution in [0.1, 0.15) is 5.69 Å². The van der Waals surface area contributed by atoms with Gasteiger partial charge in [-0.05, 0) is 30.3 Å². The number of benzene rings is 1. The maximum atomic E-state index is 13.4. The predicted molar refractivity (Wildman–Crippen MR) is 69.3 cm³/mol. The Hall–Kier alpha value is -3.01. The average Bonchev–Trinajstić information content (AvgIpc) is 2.98. The van der Waals surface area contributed by atoms with Crippen molar-refractivity contribution in [1.29, 1.82) is 5.26 Å². The second kappa shape index (κ2) is 5.96. The number of hydrogen-bond donors (Lipinski definition) is 2. The highest BCUT2D eigenvalue weighted by Crippen LogP contribution is 2.20. The quantitative estimate of drug-likeness (QED) is 0.518. The number of hydrogen-bond acceptors (Lipinski definition) is 2. The van der Waals surface area contributed by atoms with Gasteiger partial charge in [0.1, 0.15) is 11.6 Å². The molecule has 4 nitrogen and oxygen atoms in total. The van der Waals surface area contributed by atoms with Crippen molar-refractivity contribution in [1.82, 2.24) is 4.98 Å². The van der Waals surface area contributed by atoms with Crippen LogP contribution in [0.25, 0.3) is 6.08 Å². The summed E-state index contributed by atoms with van der Waals surface area (Å²) < 4.78 is 39.3. The van der Waals surface area contributed by atoms with Crippen LogP contribution in [0.2, 0.25) is 0 Å². The number of halogens is 3. The summed E-state index contributed by atoms with van der Waals surface area (Å²) in [7, 11) is 0. The number of nitrogens with zero attached hydrogens (tertiary/aromatic N) is 1. The van der Waals surface area contributed by atoms with E-state index in [9.17, 15) is 18.0 Å². The van der Waals surface area contributed by atoms with Gasteiger partial charge in [0.05, 0.1) is 5.69 Å². The second-order valence-corrected chi connectivity index (χ2v) is 3.97. The van der Waals surface area contributed by atoms with Gasteiger partial charge >= 0.3 is 0 Å². The van der Waals surface area contributed by atoms with Crippen molar-refractivity contribution in [2.24, 2.45) is 0 Å². The molecule has 106 valence electrons. The molecule has 0 aliphatic heterocycles. The van der Waals surface area contributed by atoms with Gasteiger partial charge in [-0.15, -0.1) is 0 Å². The number of aromatic amines is 1. The molecule has 21 heavy (non-hydrogen) atoms. The molecule has 0 spiro atoms. The zero-order valence-corrected chi connectivity index (χ0v) is 10.5. The van der Waals surface area contributed by atoms with E-state index in [1.165, 1.54) is 6.08 Å². The molecule has 0 unspecified atom stereocenters. The van der Waals surface area contributed by atoms with E-state index in [1.807, 2.05) is 5.32 Å². The minimum Gasteiger partial charge on any atom is -0.362 e. The number of carbonyl (C=O) groups is 1. The van der Waals surface area contributed by atoms with Crippen molar-refractivity contribution < 1.29 is 18.0 Å². The number of rotatable bonds is 3. The molecule has 1 heterocycles. The molecule has 0 atom stereocenters. The fraction of sp³-hybridized carbons (Fsp3) is 0. The van der Waals surface area contributed by atoms with E-state index in [0.29, 0.717) is 11.8 Å². The van der Waals surface area contributed by atoms with E-state index in [1.54, 1.807) is 24.4 Å². The van der Waals surface area contributed by atoms with Crippen molar-refractivity contribution in [3.8, 4) is 6.07 Å². The molecule has 1 aromatic carbocycles. The Balaban J connectivity index is 2.25. The highest BCUT2D eigenvalue weighted by molar-refractivity contribution is 6.09. The number of nitrogens with one attached hydrogen (secondary N) is 2. The highest BCUT2D eigenvalue weighted by atomic mass is 19.2. The summed E-state index contributed by atoms with van der Waals surface area (Å²) >= 11 is 0. The number of carbonyl (C=O) groups excluding carboxylic acids is 1. The van der Waals surface area contributed by atoms with Crippen LogP contribution in [0.5, 0.6) is 0 Å². The zero-order chi connectivity index (χ0) is 15.4. The molecule has 0 saturated heterocycles. The van der Waals surface area contributed by atoms with Crippen LogP contribution < -0.4 is 5.32 Å². The topological polar surface area (TPSA) is 68.7 Å². The first-order valence-electron chi connectivity index (χ1n) is 5.73. The summed E-state index contributed by atoms with van der Waals surface area (Å²) in [6, 6.07) is 6.46. The van der Waals surface area contributed by atoms with Gasteiger partial charge in [-0.2, -0.15) is 5.26 Å². The van der Waals surface area contributed by atoms with Gasteiger partial charge in [0.2, 0.25) is 0 Å². The van der Waals surface area contributed by atoms with Crippen molar-refractivity contribution in [2.75, 3.05) is 5.32 Å². The van der Waals surface area contributed by atoms with Crippen molar-refractivity contribution in [3.05, 3.63) is 59.2 Å². The fourth-order valence-corrected chi connectivity index (χ4v) is 1.55. The summed E-state index contributed by atoms with van der Waals surface area (Å²) in [6.45, 7) is 0. The molecular weight excluding hydrogens is 283 g/mol. The summed E-state index contributed by atoms with van der Waals surface area (Å²) in [5, 5.41) is 10.9. The molecule has 1 aromatic heterocycles. The second-order valence-electron chi connectivity index (χ2n) is 3.97. The van der Waals surface area contributed by atoms with E-state index in [0.717, 1.165) is 6.07 Å². The Morgan fingerprint density at radius 3 is 2.62 bits per heavy atom. The van der Waals surface area contributed by atoms with Crippen LogP contribution in [0.3, 0.4) is 0 Å². The third-order valence-electron chi connectivity index (χ3n) is 2.57. The number of nitriles is 1. The Labute approximate surface area is 117 Å². The molecule has 0 aliphatic carbocycles. The molecule has 0 radical (unpaired) electrons. The van der Waals surface area contributed by atoms with Crippen LogP contribution in [-0.2, 0) is 4.79 Å². The van der Waals surface area contributed by atoms with Gasteiger partial charge in [-0.3, -0.25) is 4.79 Å². The van der Waals surface area contributed by atoms with Gasteiger partial charge in [0.15, 0.2) is 17.5 Å². The van der Waals surface area contributed by atoms with Crippen LogP contribution in [-0.4, -0.2) is 10.9 Å². The number of H-pyrrole nitrogens is 1. The average molecular weight is 291 g/mol. The fourth-order valence-electron chi connectivity index (χ4n) is 1.55. The Morgan fingerprint density at radius 2 is 2.00 bits per heavy atom. The number of amides is 1. The largest absolute Gasteiger partial charge is 0.362 e. The van der Waals surface area contributed by atoms with Crippen LogP contribution in [0.15, 0.2) is 36.0 Å². The maximum Gasteiger partial charge on any atom is 0.266 e. The van der Waals surface area contributed by atoms with Gasteiger partial charge in [-0.1, -0.05) is 0 Å². The van der Waals surface area contributed by atoms with Gasteiger partial charge < -0.3 is 10.3 Å². The molecule has 2 aromatic rings. The molecule has 2 N–H and O–H groups in total. The lowest BCUT2D eigenvalue weighted by Gasteiger charge is -2.06. The molecule has 0 aliphatic rings. The Kier molecular flexibility index (Phi) is 4.09. The lowest BCUT2D eigenvalue weighted by atomic mass is 10.2. The van der Waals surface area contributed by atoms with E-state index in [-0.39, 0.29) is 5.57 Å². The zero-order valence-electron chi connectivity index (χ0n) is 10.5. The first-order valence-corrected chi connectivity index (χ1v) is 5.73. The first-order chi connectivity index (χ1) is 10.0. The molecule has 0 bridgehead atoms. The normalized spacial score (nSPS) is 11.0. The molecule has 1 amide bonds. The SMILES string of the molecule is N#C/C(=C\c1ccc[nH]1)C(=O)Nc1ccc(F)c(F)c1F. The molecular formula is C14H8F3N3O. The summed E-state index contributed by atoms with van der Waals surface area (Å²) in [4.78, 5) is 14.6. The third kappa shape index (κ3) is 3.12. The van der Waals surface area contributed by atoms with Crippen molar-refractivity contribution in [2.45, 2.75) is 0 Å². The number of aromatic nitrogens is 1. The summed E-state index contributed by atoms with van der Waals surface area (Å²) in [5.74, 6) is -5.52. The molecule has 7 heteroatoms. The van der Waals surface area contributed by atoms with E-state index in [4.69, 9.17) is 5.26 Å². The Bertz CT molecular complexity index is 746. The van der Waals surface area contributed by atoms with Crippen LogP contribution in [0, 0.1) is 28.8 Å². The monoisotopic (exact) mass is 291 g/mol. The predicted octanol–water partition coefficient (Wildman–Crippen LogP) is 2.98. The van der Waals surface area contributed by atoms with Gasteiger partial charge in [0, 0.05) is 11.9 Å². The number of anilines is 1. The van der Waals surface area contributed by atoms with Gasteiger partial charge in [-0.25, -0.2) is 13.2 Å². The lowest BCUT2D eigenvalue weighted by molar-refractivity contribution is -0.112. The molecule has 0 fully saturated rings. The van der Waals surface area contributed by atoms with Crippen LogP contribution >= 0.6 is 0 Å². The smallest absolute Gasteiger partial charge is 0.266 e. The van der Waals surface area contributed by atoms with E-state index < -0.39 is 29.0 Å². The standard InChI is InChI=1S/C14H8F3N3O/c15-10-3-4-11(13(17)12(10)16)20-14(21)8(7-18)6-9-2-1-5-19-9/h1-6,19H,(H,20,21)/b8-6+. The first kappa shape index (κ1) is 14.4. The lowest BCUT2D eigenvalue weighted by Crippen LogP contribution is -2.15. The molecule has 2 rings (SSSR count). The van der Waals surface area contributed by atoms with Crippen LogP contribution in [0.4, 0.5) is 18.9 Å². The minimum atomic E-state index is -1.69. The maximum absolute atomic E-state index is 13.4. The Morgan fingerprint density at radius 1 is 1.24 bits per heavy atom. The summed E-state index contributed by atoms with van der Waals surface area (Å²) in [5.41, 5.74) is -0.374. The van der Waals surface area contributed by atoms with Crippen molar-refractivity contribution in [3.63, 3.8) is 0 Å². The highest BCUT2D eigenvalue weighted by Gasteiger charge is 2.17. The van der Waals surface area contributed by atoms with E-state index in [2.05, 4.69) is 4.98 Å². The van der Waals surface area contributed by atoms with Crippen molar-refractivity contribution >= 4 is 17.7 Å². The molecule has 0 saturated carbocycles. The van der Waals surface area contributed by atoms with Gasteiger partial charge in [0.25, 0.3) is 5.91 Å². The summed E-state index contributed by atoms with van der Waals surface area (Å²) in [6.07, 6.45) is 2.83. The van der Waals surface area contributed by atoms with E-state index >= 15 is 0 Å². The third-order valence-corrected chi connectivity index (χ3v) is 2.57.